The van der Waals surface area contributed by atoms with Crippen LogP contribution >= 0.6 is 0 Å². The van der Waals surface area contributed by atoms with Crippen LogP contribution in [-0.2, 0) is 14.6 Å². The third kappa shape index (κ3) is 4.53. The van der Waals surface area contributed by atoms with Crippen molar-refractivity contribution >= 4 is 15.7 Å². The topological polar surface area (TPSA) is 77.9 Å². The van der Waals surface area contributed by atoms with E-state index in [-0.39, 0.29) is 11.7 Å². The van der Waals surface area contributed by atoms with Crippen LogP contribution in [0, 0.1) is 0 Å². The summed E-state index contributed by atoms with van der Waals surface area (Å²) in [6, 6.07) is 8.36. The van der Waals surface area contributed by atoms with Crippen LogP contribution in [0.2, 0.25) is 0 Å². The van der Waals surface area contributed by atoms with Gasteiger partial charge in [0.25, 0.3) is 0 Å². The second kappa shape index (κ2) is 7.21. The van der Waals surface area contributed by atoms with Crippen molar-refractivity contribution in [3.63, 3.8) is 0 Å². The summed E-state index contributed by atoms with van der Waals surface area (Å²) < 4.78 is 24.5. The Morgan fingerprint density at radius 1 is 1.23 bits per heavy atom. The number of carbonyl (C=O) groups is 1. The monoisotopic (exact) mass is 326 g/mol. The fourth-order valence-electron chi connectivity index (χ4n) is 2.54. The number of carbonyl (C=O) groups excluding carboxylic acids is 1. The number of aliphatic hydroxyl groups is 1. The third-order valence-corrected chi connectivity index (χ3v) is 5.52. The molecule has 122 valence electrons. The van der Waals surface area contributed by atoms with E-state index in [1.54, 1.807) is 35.2 Å². The van der Waals surface area contributed by atoms with Crippen molar-refractivity contribution in [2.75, 3.05) is 38.5 Å². The first kappa shape index (κ1) is 16.9. The van der Waals surface area contributed by atoms with E-state index in [2.05, 4.69) is 0 Å². The van der Waals surface area contributed by atoms with Crippen molar-refractivity contribution in [2.45, 2.75) is 17.9 Å². The Hall–Kier alpha value is -1.44. The van der Waals surface area contributed by atoms with Gasteiger partial charge in [-0.15, -0.1) is 0 Å². The molecule has 1 saturated heterocycles. The molecule has 0 aromatic heterocycles. The van der Waals surface area contributed by atoms with E-state index < -0.39 is 15.9 Å². The van der Waals surface area contributed by atoms with Gasteiger partial charge in [0.1, 0.15) is 0 Å². The Bertz CT molecular complexity index is 603. The highest BCUT2D eigenvalue weighted by atomic mass is 32.2. The quantitative estimate of drug-likeness (QED) is 0.842. The normalized spacial score (nSPS) is 20.6. The second-order valence-corrected chi connectivity index (χ2v) is 7.66. The van der Waals surface area contributed by atoms with Crippen LogP contribution in [-0.4, -0.2) is 73.8 Å². The zero-order valence-electron chi connectivity index (χ0n) is 12.7. The number of hydrogen-bond acceptors (Lipinski definition) is 5. The highest BCUT2D eigenvalue weighted by molar-refractivity contribution is 7.91. The van der Waals surface area contributed by atoms with Gasteiger partial charge in [0, 0.05) is 39.6 Å². The molecule has 1 N–H and O–H groups in total. The molecule has 7 heteroatoms. The van der Waals surface area contributed by atoms with E-state index >= 15 is 0 Å². The fourth-order valence-corrected chi connectivity index (χ4v) is 3.85. The lowest BCUT2D eigenvalue weighted by Crippen LogP contribution is -2.36. The van der Waals surface area contributed by atoms with Crippen LogP contribution in [0.15, 0.2) is 35.2 Å². The molecular weight excluding hydrogens is 304 g/mol. The van der Waals surface area contributed by atoms with Crippen LogP contribution in [0.25, 0.3) is 0 Å². The number of amides is 1. The third-order valence-electron chi connectivity index (χ3n) is 3.81. The SMILES string of the molecule is CC(=O)N1CCN(CCS(=O)(=O)c2ccccc2)CC(O)C1. The maximum Gasteiger partial charge on any atom is 0.219 e. The summed E-state index contributed by atoms with van der Waals surface area (Å²) in [5, 5.41) is 9.94. The summed E-state index contributed by atoms with van der Waals surface area (Å²) in [5.41, 5.74) is 0. The molecule has 1 aromatic rings. The molecular formula is C15H22N2O4S. The molecule has 1 aliphatic heterocycles. The first-order valence-corrected chi connectivity index (χ1v) is 8.97. The Labute approximate surface area is 131 Å². The predicted octanol–water partition coefficient (Wildman–Crippen LogP) is -0.0147. The van der Waals surface area contributed by atoms with Crippen LogP contribution in [0.3, 0.4) is 0 Å². The number of hydrogen-bond donors (Lipinski definition) is 1. The standard InChI is InChI=1S/C15H22N2O4S/c1-13(18)17-8-7-16(11-14(19)12-17)9-10-22(20,21)15-5-3-2-4-6-15/h2-6,14,19H,7-12H2,1H3. The number of nitrogens with zero attached hydrogens (tertiary/aromatic N) is 2. The van der Waals surface area contributed by atoms with Gasteiger partial charge in [-0.3, -0.25) is 9.69 Å². The van der Waals surface area contributed by atoms with Gasteiger partial charge in [-0.25, -0.2) is 8.42 Å². The lowest BCUT2D eigenvalue weighted by atomic mass is 10.3. The maximum absolute atomic E-state index is 12.3. The van der Waals surface area contributed by atoms with E-state index in [0.717, 1.165) is 0 Å². The van der Waals surface area contributed by atoms with E-state index in [9.17, 15) is 18.3 Å². The summed E-state index contributed by atoms with van der Waals surface area (Å²) in [5.74, 6) is -0.0677. The smallest absolute Gasteiger partial charge is 0.219 e. The minimum atomic E-state index is -3.32. The summed E-state index contributed by atoms with van der Waals surface area (Å²) in [7, 11) is -3.32. The molecule has 1 heterocycles. The molecule has 1 aromatic carbocycles. The number of β-amino-alcohol motifs (C(OH)–C–C–N with tert-alkyl or cyclic N) is 1. The first-order chi connectivity index (χ1) is 10.4. The van der Waals surface area contributed by atoms with E-state index in [1.165, 1.54) is 6.92 Å². The van der Waals surface area contributed by atoms with Crippen LogP contribution in [0.1, 0.15) is 6.92 Å². The number of aliphatic hydroxyl groups excluding tert-OH is 1. The molecule has 1 amide bonds. The molecule has 1 aliphatic rings. The van der Waals surface area contributed by atoms with Crippen molar-refractivity contribution in [1.29, 1.82) is 0 Å². The predicted molar refractivity (Wildman–Crippen MR) is 83.2 cm³/mol. The number of benzene rings is 1. The summed E-state index contributed by atoms with van der Waals surface area (Å²) in [4.78, 5) is 15.2. The minimum Gasteiger partial charge on any atom is -0.390 e. The maximum atomic E-state index is 12.3. The van der Waals surface area contributed by atoms with Gasteiger partial charge in [-0.05, 0) is 12.1 Å². The molecule has 1 fully saturated rings. The van der Waals surface area contributed by atoms with E-state index in [4.69, 9.17) is 0 Å². The van der Waals surface area contributed by atoms with E-state index in [1.807, 2.05) is 4.90 Å². The molecule has 0 saturated carbocycles. The minimum absolute atomic E-state index is 0.00377. The molecule has 2 rings (SSSR count). The van der Waals surface area contributed by atoms with E-state index in [0.29, 0.717) is 37.6 Å². The van der Waals surface area contributed by atoms with Gasteiger partial charge in [-0.2, -0.15) is 0 Å². The molecule has 1 atom stereocenters. The van der Waals surface area contributed by atoms with Crippen molar-refractivity contribution in [3.05, 3.63) is 30.3 Å². The lowest BCUT2D eigenvalue weighted by Gasteiger charge is -2.20. The fraction of sp³-hybridized carbons (Fsp3) is 0.533. The Morgan fingerprint density at radius 2 is 1.91 bits per heavy atom. The molecule has 0 radical (unpaired) electrons. The number of rotatable bonds is 4. The van der Waals surface area contributed by atoms with Crippen molar-refractivity contribution in [1.82, 2.24) is 9.80 Å². The largest absolute Gasteiger partial charge is 0.390 e. The van der Waals surface area contributed by atoms with Crippen LogP contribution < -0.4 is 0 Å². The zero-order chi connectivity index (χ0) is 16.2. The number of sulfone groups is 1. The van der Waals surface area contributed by atoms with Crippen LogP contribution in [0.5, 0.6) is 0 Å². The van der Waals surface area contributed by atoms with Crippen molar-refractivity contribution in [2.24, 2.45) is 0 Å². The molecule has 0 aliphatic carbocycles. The Kier molecular flexibility index (Phi) is 5.55. The molecule has 22 heavy (non-hydrogen) atoms. The van der Waals surface area contributed by atoms with Gasteiger partial charge < -0.3 is 10.0 Å². The molecule has 0 bridgehead atoms. The first-order valence-electron chi connectivity index (χ1n) is 7.32. The second-order valence-electron chi connectivity index (χ2n) is 5.55. The van der Waals surface area contributed by atoms with Gasteiger partial charge in [0.15, 0.2) is 9.84 Å². The van der Waals surface area contributed by atoms with Gasteiger partial charge >= 0.3 is 0 Å². The average molecular weight is 326 g/mol. The summed E-state index contributed by atoms with van der Waals surface area (Å²) in [6.07, 6.45) is -0.647. The highest BCUT2D eigenvalue weighted by Crippen LogP contribution is 2.11. The average Bonchev–Trinajstić information content (AvgIpc) is 2.68. The van der Waals surface area contributed by atoms with Gasteiger partial charge in [0.2, 0.25) is 5.91 Å². The molecule has 1 unspecified atom stereocenters. The lowest BCUT2D eigenvalue weighted by molar-refractivity contribution is -0.129. The molecule has 0 spiro atoms. The summed E-state index contributed by atoms with van der Waals surface area (Å²) in [6.45, 7) is 3.59. The van der Waals surface area contributed by atoms with Crippen molar-refractivity contribution < 1.29 is 18.3 Å². The molecule has 6 nitrogen and oxygen atoms in total. The zero-order valence-corrected chi connectivity index (χ0v) is 13.5. The Morgan fingerprint density at radius 3 is 2.55 bits per heavy atom. The van der Waals surface area contributed by atoms with Gasteiger partial charge in [-0.1, -0.05) is 18.2 Å². The van der Waals surface area contributed by atoms with Crippen LogP contribution in [0.4, 0.5) is 0 Å². The van der Waals surface area contributed by atoms with Crippen molar-refractivity contribution in [3.8, 4) is 0 Å². The Balaban J connectivity index is 1.95. The van der Waals surface area contributed by atoms with Gasteiger partial charge in [0.05, 0.1) is 16.8 Å². The highest BCUT2D eigenvalue weighted by Gasteiger charge is 2.24. The summed E-state index contributed by atoms with van der Waals surface area (Å²) >= 11 is 0.